The molecule has 0 aliphatic carbocycles. The number of esters is 1. The van der Waals surface area contributed by atoms with Gasteiger partial charge in [-0.1, -0.05) is 64.8 Å². The highest BCUT2D eigenvalue weighted by Gasteiger charge is 2.37. The van der Waals surface area contributed by atoms with E-state index in [9.17, 15) is 4.79 Å². The molecular formula is C23H22Cl2N4O2S3. The molecule has 0 radical (unpaired) electrons. The van der Waals surface area contributed by atoms with Crippen LogP contribution >= 0.6 is 57.6 Å². The minimum absolute atomic E-state index is 0.290. The molecule has 0 amide bonds. The van der Waals surface area contributed by atoms with Crippen molar-refractivity contribution in [3.8, 4) is 0 Å². The summed E-state index contributed by atoms with van der Waals surface area (Å²) in [6.45, 7) is 6.49. The van der Waals surface area contributed by atoms with Gasteiger partial charge in [-0.15, -0.1) is 22.7 Å². The normalized spacial score (nSPS) is 16.1. The molecule has 0 bridgehead atoms. The molecule has 0 spiro atoms. The summed E-state index contributed by atoms with van der Waals surface area (Å²) in [4.78, 5) is 30.4. The number of hydrogen-bond acceptors (Lipinski definition) is 9. The number of halogens is 2. The van der Waals surface area contributed by atoms with E-state index in [2.05, 4.69) is 27.0 Å². The van der Waals surface area contributed by atoms with Crippen molar-refractivity contribution in [1.82, 2.24) is 14.9 Å². The van der Waals surface area contributed by atoms with Gasteiger partial charge in [-0.05, 0) is 26.3 Å². The maximum Gasteiger partial charge on any atom is 0.338 e. The van der Waals surface area contributed by atoms with E-state index < -0.39 is 0 Å². The number of amidine groups is 1. The number of aliphatic imine (C=N–C) groups is 1. The Labute approximate surface area is 220 Å². The zero-order chi connectivity index (χ0) is 24.2. The van der Waals surface area contributed by atoms with Crippen molar-refractivity contribution in [3.63, 3.8) is 0 Å². The summed E-state index contributed by atoms with van der Waals surface area (Å²) >= 11 is 16.6. The van der Waals surface area contributed by atoms with Gasteiger partial charge in [0.2, 0.25) is 0 Å². The van der Waals surface area contributed by atoms with E-state index in [1.165, 1.54) is 22.7 Å². The number of thioether (sulfide) groups is 1. The van der Waals surface area contributed by atoms with Gasteiger partial charge in [0.25, 0.3) is 0 Å². The average molecular weight is 554 g/mol. The summed E-state index contributed by atoms with van der Waals surface area (Å²) in [6, 6.07) is 7.83. The first kappa shape index (κ1) is 25.2. The molecule has 6 nitrogen and oxygen atoms in total. The molecule has 0 N–H and O–H groups in total. The molecule has 34 heavy (non-hydrogen) atoms. The van der Waals surface area contributed by atoms with Crippen LogP contribution in [-0.2, 0) is 21.8 Å². The maximum absolute atomic E-state index is 13.1. The van der Waals surface area contributed by atoms with E-state index in [-0.39, 0.29) is 18.6 Å². The fourth-order valence-electron chi connectivity index (χ4n) is 3.58. The second kappa shape index (κ2) is 11.2. The molecule has 2 aromatic heterocycles. The predicted molar refractivity (Wildman–Crippen MR) is 142 cm³/mol. The Balaban J connectivity index is 1.78. The SMILES string of the molecule is CCOC(=O)C1=C(C)N=C(SCc2cnc(Cl)s2)N(Cc2cnc(Cl)s2)C1c1ccc(C)cc1. The van der Waals surface area contributed by atoms with Gasteiger partial charge in [0.1, 0.15) is 0 Å². The van der Waals surface area contributed by atoms with Crippen LogP contribution in [0.5, 0.6) is 0 Å². The number of carbonyl (C=O) groups is 1. The topological polar surface area (TPSA) is 67.7 Å². The monoisotopic (exact) mass is 552 g/mol. The Morgan fingerprint density at radius 2 is 1.74 bits per heavy atom. The molecule has 0 saturated heterocycles. The molecular weight excluding hydrogens is 531 g/mol. The molecule has 3 heterocycles. The zero-order valence-electron chi connectivity index (χ0n) is 18.7. The number of carbonyl (C=O) groups excluding carboxylic acids is 1. The number of ether oxygens (including phenoxy) is 1. The van der Waals surface area contributed by atoms with Gasteiger partial charge in [0.05, 0.1) is 30.5 Å². The fraction of sp³-hybridized carbons (Fsp3) is 0.304. The van der Waals surface area contributed by atoms with E-state index >= 15 is 0 Å². The number of thiazole rings is 2. The van der Waals surface area contributed by atoms with Crippen LogP contribution in [0.1, 0.15) is 40.8 Å². The van der Waals surface area contributed by atoms with Crippen LogP contribution in [-0.4, -0.2) is 32.6 Å². The molecule has 1 atom stereocenters. The van der Waals surface area contributed by atoms with Crippen LogP contribution in [0, 0.1) is 6.92 Å². The Morgan fingerprint density at radius 3 is 2.32 bits per heavy atom. The molecule has 178 valence electrons. The van der Waals surface area contributed by atoms with E-state index in [1.54, 1.807) is 31.1 Å². The summed E-state index contributed by atoms with van der Waals surface area (Å²) < 4.78 is 6.43. The summed E-state index contributed by atoms with van der Waals surface area (Å²) in [7, 11) is 0. The summed E-state index contributed by atoms with van der Waals surface area (Å²) in [6.07, 6.45) is 3.54. The van der Waals surface area contributed by atoms with Gasteiger partial charge in [-0.25, -0.2) is 19.8 Å². The number of rotatable bonds is 7. The highest BCUT2D eigenvalue weighted by atomic mass is 35.5. The molecule has 1 aromatic carbocycles. The van der Waals surface area contributed by atoms with Crippen molar-refractivity contribution in [2.45, 2.75) is 39.1 Å². The van der Waals surface area contributed by atoms with E-state index in [0.717, 1.165) is 26.0 Å². The van der Waals surface area contributed by atoms with Gasteiger partial charge in [0, 0.05) is 27.9 Å². The fourth-order valence-corrected chi connectivity index (χ4v) is 6.63. The summed E-state index contributed by atoms with van der Waals surface area (Å²) in [5.41, 5.74) is 3.31. The van der Waals surface area contributed by atoms with Crippen molar-refractivity contribution < 1.29 is 9.53 Å². The van der Waals surface area contributed by atoms with Crippen LogP contribution in [0.4, 0.5) is 0 Å². The maximum atomic E-state index is 13.1. The Kier molecular flexibility index (Phi) is 8.31. The van der Waals surface area contributed by atoms with Crippen molar-refractivity contribution in [2.24, 2.45) is 4.99 Å². The first-order valence-corrected chi connectivity index (χ1v) is 13.9. The third kappa shape index (κ3) is 5.83. The van der Waals surface area contributed by atoms with Crippen LogP contribution in [0.2, 0.25) is 8.93 Å². The minimum atomic E-state index is -0.370. The lowest BCUT2D eigenvalue weighted by Gasteiger charge is -2.38. The first-order valence-electron chi connectivity index (χ1n) is 10.5. The van der Waals surface area contributed by atoms with Crippen LogP contribution in [0.15, 0.2) is 52.9 Å². The Morgan fingerprint density at radius 1 is 1.09 bits per heavy atom. The highest BCUT2D eigenvalue weighted by molar-refractivity contribution is 8.13. The summed E-state index contributed by atoms with van der Waals surface area (Å²) in [5, 5.41) is 0.796. The van der Waals surface area contributed by atoms with E-state index in [1.807, 2.05) is 26.0 Å². The third-order valence-electron chi connectivity index (χ3n) is 5.09. The molecule has 3 aromatic rings. The lowest BCUT2D eigenvalue weighted by molar-refractivity contribution is -0.139. The second-order valence-electron chi connectivity index (χ2n) is 7.50. The number of allylic oxidation sites excluding steroid dienone is 1. The predicted octanol–water partition coefficient (Wildman–Crippen LogP) is 6.90. The van der Waals surface area contributed by atoms with Gasteiger partial charge < -0.3 is 9.64 Å². The van der Waals surface area contributed by atoms with Crippen LogP contribution in [0.3, 0.4) is 0 Å². The Bertz CT molecular complexity index is 1240. The lowest BCUT2D eigenvalue weighted by Crippen LogP contribution is -2.39. The standard InChI is InChI=1S/C23H22Cl2N4O2S3/c1-4-31-20(30)18-14(3)28-23(32-12-17-10-27-22(25)34-17)29(11-16-9-26-21(24)33-16)19(18)15-7-5-13(2)6-8-15/h5-10,19H,4,11-12H2,1-3H3. The summed E-state index contributed by atoms with van der Waals surface area (Å²) in [5.74, 6) is 0.297. The zero-order valence-corrected chi connectivity index (χ0v) is 22.7. The number of aryl methyl sites for hydroxylation is 1. The van der Waals surface area contributed by atoms with Crippen LogP contribution in [0.25, 0.3) is 0 Å². The van der Waals surface area contributed by atoms with Crippen molar-refractivity contribution in [1.29, 1.82) is 0 Å². The lowest BCUT2D eigenvalue weighted by atomic mass is 9.94. The van der Waals surface area contributed by atoms with E-state index in [0.29, 0.717) is 32.5 Å². The number of hydrogen-bond donors (Lipinski definition) is 0. The van der Waals surface area contributed by atoms with E-state index in [4.69, 9.17) is 32.9 Å². The van der Waals surface area contributed by atoms with Gasteiger partial charge in [-0.3, -0.25) is 0 Å². The van der Waals surface area contributed by atoms with Gasteiger partial charge >= 0.3 is 5.97 Å². The van der Waals surface area contributed by atoms with Crippen molar-refractivity contribution in [2.75, 3.05) is 6.61 Å². The van der Waals surface area contributed by atoms with Gasteiger partial charge in [0.15, 0.2) is 14.1 Å². The van der Waals surface area contributed by atoms with Crippen molar-refractivity contribution in [3.05, 3.63) is 77.7 Å². The minimum Gasteiger partial charge on any atom is -0.463 e. The smallest absolute Gasteiger partial charge is 0.338 e. The van der Waals surface area contributed by atoms with Crippen molar-refractivity contribution >= 4 is 68.8 Å². The number of nitrogens with zero attached hydrogens (tertiary/aromatic N) is 4. The Hall–Kier alpha value is -1.91. The molecule has 11 heteroatoms. The van der Waals surface area contributed by atoms with Crippen LogP contribution < -0.4 is 0 Å². The molecule has 4 rings (SSSR count). The van der Waals surface area contributed by atoms with Gasteiger partial charge in [-0.2, -0.15) is 0 Å². The number of aromatic nitrogens is 2. The molecule has 0 saturated carbocycles. The first-order chi connectivity index (χ1) is 16.4. The number of benzene rings is 1. The average Bonchev–Trinajstić information content (AvgIpc) is 3.41. The second-order valence-corrected chi connectivity index (χ2v) is 11.8. The molecule has 1 aliphatic rings. The third-order valence-corrected chi connectivity index (χ3v) is 8.53. The molecule has 0 fully saturated rings. The molecule has 1 aliphatic heterocycles. The quantitative estimate of drug-likeness (QED) is 0.297. The highest BCUT2D eigenvalue weighted by Crippen LogP contribution is 2.40. The largest absolute Gasteiger partial charge is 0.463 e. The molecule has 1 unspecified atom stereocenters.